The van der Waals surface area contributed by atoms with Crippen LogP contribution >= 0.6 is 0 Å². The van der Waals surface area contributed by atoms with Gasteiger partial charge in [0, 0.05) is 68.4 Å². The van der Waals surface area contributed by atoms with Crippen molar-refractivity contribution in [1.82, 2.24) is 25.2 Å². The van der Waals surface area contributed by atoms with Crippen molar-refractivity contribution < 1.29 is 22.3 Å². The summed E-state index contributed by atoms with van der Waals surface area (Å²) in [5.41, 5.74) is 2.00. The Bertz CT molecular complexity index is 1720. The third-order valence-corrected chi connectivity index (χ3v) is 10.2. The van der Waals surface area contributed by atoms with Crippen molar-refractivity contribution in [3.05, 3.63) is 54.9 Å². The van der Waals surface area contributed by atoms with Crippen LogP contribution in [0.2, 0.25) is 0 Å². The van der Waals surface area contributed by atoms with Gasteiger partial charge < -0.3 is 30.1 Å². The molecule has 2 aromatic heterocycles. The molecule has 3 fully saturated rings. The largest absolute Gasteiger partial charge is 0.374 e. The van der Waals surface area contributed by atoms with Crippen molar-refractivity contribution in [2.24, 2.45) is 5.92 Å². The number of aromatic nitrogens is 3. The molecular weight excluding hydrogens is 623 g/mol. The van der Waals surface area contributed by atoms with Gasteiger partial charge in [-0.1, -0.05) is 12.6 Å². The number of pyridine rings is 1. The molecule has 3 aliphatic heterocycles. The summed E-state index contributed by atoms with van der Waals surface area (Å²) in [7, 11) is -1.22. The Hall–Kier alpha value is -3.88. The highest BCUT2D eigenvalue weighted by atomic mass is 32.2. The third kappa shape index (κ3) is 7.49. The van der Waals surface area contributed by atoms with Gasteiger partial charge in [-0.15, -0.1) is 0 Å². The molecule has 3 saturated heterocycles. The zero-order valence-corrected chi connectivity index (χ0v) is 27.8. The quantitative estimate of drug-likeness (QED) is 0.218. The molecule has 2 N–H and O–H groups in total. The van der Waals surface area contributed by atoms with Crippen LogP contribution in [0.25, 0.3) is 10.8 Å². The summed E-state index contributed by atoms with van der Waals surface area (Å²) in [4.78, 5) is 32.5. The molecule has 12 nitrogen and oxygen atoms in total. The van der Waals surface area contributed by atoms with Crippen LogP contribution in [0.5, 0.6) is 0 Å². The van der Waals surface area contributed by atoms with Crippen molar-refractivity contribution in [3.63, 3.8) is 0 Å². The van der Waals surface area contributed by atoms with E-state index in [1.54, 1.807) is 12.3 Å². The number of hydrogen-bond donors (Lipinski definition) is 2. The normalized spacial score (nSPS) is 22.0. The number of rotatable bonds is 12. The van der Waals surface area contributed by atoms with Gasteiger partial charge in [-0.3, -0.25) is 4.79 Å². The highest BCUT2D eigenvalue weighted by Gasteiger charge is 2.34. The summed E-state index contributed by atoms with van der Waals surface area (Å²) in [5.74, 6) is 1.68. The first-order valence-corrected chi connectivity index (χ1v) is 18.2. The summed E-state index contributed by atoms with van der Waals surface area (Å²) >= 11 is 0. The molecule has 0 radical (unpaired) electrons. The first-order valence-electron chi connectivity index (χ1n) is 16.2. The average molecular weight is 667 g/mol. The smallest absolute Gasteiger partial charge is 0.246 e. The van der Waals surface area contributed by atoms with Crippen LogP contribution < -0.4 is 20.4 Å². The summed E-state index contributed by atoms with van der Waals surface area (Å²) in [6, 6.07) is 7.75. The number of amides is 1. The number of likely N-dealkylation sites (tertiary alicyclic amines) is 1. The van der Waals surface area contributed by atoms with Crippen molar-refractivity contribution in [1.29, 1.82) is 0 Å². The Morgan fingerprint density at radius 1 is 1.11 bits per heavy atom. The first kappa shape index (κ1) is 33.0. The van der Waals surface area contributed by atoms with Crippen molar-refractivity contribution in [2.75, 3.05) is 80.0 Å². The molecule has 0 unspecified atom stereocenters. The van der Waals surface area contributed by atoms with E-state index in [0.717, 1.165) is 34.9 Å². The minimum absolute atomic E-state index is 0.0838. The van der Waals surface area contributed by atoms with Gasteiger partial charge in [-0.05, 0) is 61.5 Å². The molecule has 1 amide bonds. The van der Waals surface area contributed by atoms with Crippen LogP contribution in [0.4, 0.5) is 27.7 Å². The van der Waals surface area contributed by atoms with Crippen LogP contribution in [0.15, 0.2) is 49.3 Å². The maximum atomic E-state index is 15.0. The third-order valence-electron chi connectivity index (χ3n) is 9.17. The molecule has 0 saturated carbocycles. The number of carbonyl (C=O) groups is 1. The van der Waals surface area contributed by atoms with Gasteiger partial charge in [0.1, 0.15) is 27.6 Å². The zero-order valence-electron chi connectivity index (χ0n) is 26.9. The molecule has 0 aliphatic carbocycles. The number of nitrogens with zero attached hydrogens (tertiary/aromatic N) is 6. The Morgan fingerprint density at radius 2 is 1.94 bits per heavy atom. The number of likely N-dealkylation sites (N-methyl/N-ethyl adjacent to an activating group) is 1. The van der Waals surface area contributed by atoms with E-state index in [2.05, 4.69) is 44.2 Å². The van der Waals surface area contributed by atoms with Gasteiger partial charge in [0.25, 0.3) is 0 Å². The number of halogens is 1. The number of alkyl halides is 1. The van der Waals surface area contributed by atoms with E-state index in [0.29, 0.717) is 63.3 Å². The lowest BCUT2D eigenvalue weighted by Crippen LogP contribution is -2.49. The van der Waals surface area contributed by atoms with E-state index in [4.69, 9.17) is 9.72 Å². The lowest BCUT2D eigenvalue weighted by molar-refractivity contribution is -0.126. The molecule has 6 rings (SSSR count). The Labute approximate surface area is 275 Å². The van der Waals surface area contributed by atoms with Crippen molar-refractivity contribution >= 4 is 49.8 Å². The summed E-state index contributed by atoms with van der Waals surface area (Å²) in [6.07, 6.45) is 6.79. The van der Waals surface area contributed by atoms with E-state index in [1.807, 2.05) is 29.1 Å². The number of anilines is 4. The van der Waals surface area contributed by atoms with Gasteiger partial charge in [0.15, 0.2) is 0 Å². The van der Waals surface area contributed by atoms with Gasteiger partial charge in [-0.2, -0.15) is 4.98 Å². The molecular formula is C33H43FN8O4S. The van der Waals surface area contributed by atoms with Crippen LogP contribution in [-0.2, 0) is 19.4 Å². The number of sulfone groups is 1. The number of hydrogen-bond acceptors (Lipinski definition) is 11. The van der Waals surface area contributed by atoms with Gasteiger partial charge >= 0.3 is 0 Å². The highest BCUT2D eigenvalue weighted by molar-refractivity contribution is 7.90. The zero-order chi connectivity index (χ0) is 33.1. The summed E-state index contributed by atoms with van der Waals surface area (Å²) < 4.78 is 44.4. The van der Waals surface area contributed by atoms with Gasteiger partial charge in [0.05, 0.1) is 31.1 Å². The molecule has 3 aliphatic rings. The predicted molar refractivity (Wildman–Crippen MR) is 182 cm³/mol. The number of nitrogens with one attached hydrogen (secondary N) is 2. The maximum Gasteiger partial charge on any atom is 0.246 e. The fourth-order valence-electron chi connectivity index (χ4n) is 6.92. The number of ether oxygens (including phenoxy) is 1. The summed E-state index contributed by atoms with van der Waals surface area (Å²) in [6.45, 7) is 7.53. The lowest BCUT2D eigenvalue weighted by atomic mass is 9.94. The first-order chi connectivity index (χ1) is 22.6. The number of piperidine rings is 1. The van der Waals surface area contributed by atoms with E-state index >= 15 is 0 Å². The molecule has 3 atom stereocenters. The maximum absolute atomic E-state index is 15.0. The van der Waals surface area contributed by atoms with Crippen LogP contribution in [-0.4, -0.2) is 111 Å². The molecule has 1 aromatic carbocycles. The van der Waals surface area contributed by atoms with Crippen LogP contribution in [0, 0.1) is 5.92 Å². The molecule has 47 heavy (non-hydrogen) atoms. The van der Waals surface area contributed by atoms with Gasteiger partial charge in [-0.25, -0.2) is 22.8 Å². The van der Waals surface area contributed by atoms with Crippen LogP contribution in [0.1, 0.15) is 30.9 Å². The van der Waals surface area contributed by atoms with Gasteiger partial charge in [0.2, 0.25) is 11.9 Å². The Balaban J connectivity index is 1.25. The topological polar surface area (TPSA) is 133 Å². The number of fused-ring (bicyclic) bond motifs is 1. The average Bonchev–Trinajstić information content (AvgIpc) is 3.52. The molecule has 3 aromatic rings. The standard InChI is InChI=1S/C33H43FN8O4S/c1-4-32(43)42-13-5-6-28(42)23-7-8-27(41-18-22(19-41)21-47(3,44)45)25-17-37-31(16-24(23)25)38-30-9-11-36-33(39-30)40-14-10-29(26(34)20-40)46-15-12-35-2/h4,7-9,11,16-17,22,26,28-29,35H,1,5-6,10,12-15,18-21H2,2-3H3,(H,36,37,38,39)/t26-,28-,29+/m0/s1. The van der Waals surface area contributed by atoms with E-state index in [-0.39, 0.29) is 30.2 Å². The Kier molecular flexibility index (Phi) is 9.90. The fraction of sp³-hybridized carbons (Fsp3) is 0.515. The minimum atomic E-state index is -3.06. The SMILES string of the molecule is C=CC(=O)N1CCC[C@H]1c1ccc(N2CC(CS(C)(=O)=O)C2)c2cnc(Nc3ccnc(N4CC[C@@H](OCCNC)[C@@H](F)C4)n3)cc12. The van der Waals surface area contributed by atoms with E-state index in [9.17, 15) is 17.6 Å². The number of carbonyl (C=O) groups excluding carboxylic acids is 1. The second kappa shape index (κ2) is 14.1. The predicted octanol–water partition coefficient (Wildman–Crippen LogP) is 3.25. The van der Waals surface area contributed by atoms with Crippen molar-refractivity contribution in [2.45, 2.75) is 37.6 Å². The number of benzene rings is 1. The van der Waals surface area contributed by atoms with E-state index in [1.165, 1.54) is 12.3 Å². The molecule has 14 heteroatoms. The molecule has 252 valence electrons. The monoisotopic (exact) mass is 666 g/mol. The van der Waals surface area contributed by atoms with Crippen molar-refractivity contribution in [3.8, 4) is 0 Å². The Morgan fingerprint density at radius 3 is 2.68 bits per heavy atom. The van der Waals surface area contributed by atoms with E-state index < -0.39 is 22.1 Å². The second-order valence-electron chi connectivity index (χ2n) is 12.7. The molecule has 0 bridgehead atoms. The fourth-order valence-corrected chi connectivity index (χ4v) is 7.99. The highest BCUT2D eigenvalue weighted by Crippen LogP contribution is 2.41. The minimum Gasteiger partial charge on any atom is -0.374 e. The molecule has 5 heterocycles. The lowest BCUT2D eigenvalue weighted by Gasteiger charge is -2.41. The van der Waals surface area contributed by atoms with Crippen LogP contribution in [0.3, 0.4) is 0 Å². The molecule has 0 spiro atoms. The second-order valence-corrected chi connectivity index (χ2v) is 14.9. The summed E-state index contributed by atoms with van der Waals surface area (Å²) in [5, 5.41) is 8.21.